The molecule has 1 aliphatic carbocycles. The van der Waals surface area contributed by atoms with Gasteiger partial charge in [-0.1, -0.05) is 0 Å². The number of aromatic nitrogens is 4. The van der Waals surface area contributed by atoms with Crippen molar-refractivity contribution >= 4 is 5.95 Å². The molecule has 5 nitrogen and oxygen atoms in total. The van der Waals surface area contributed by atoms with Gasteiger partial charge in [-0.25, -0.2) is 9.97 Å². The lowest BCUT2D eigenvalue weighted by molar-refractivity contribution is 0.653. The Kier molecular flexibility index (Phi) is 3.19. The summed E-state index contributed by atoms with van der Waals surface area (Å²) in [5.41, 5.74) is 3.62. The van der Waals surface area contributed by atoms with Gasteiger partial charge >= 0.3 is 0 Å². The molecule has 0 atom stereocenters. The van der Waals surface area contributed by atoms with Crippen molar-refractivity contribution in [3.63, 3.8) is 0 Å². The fourth-order valence-corrected chi connectivity index (χ4v) is 2.57. The van der Waals surface area contributed by atoms with Gasteiger partial charge in [0.25, 0.3) is 0 Å². The molecule has 0 aromatic carbocycles. The third-order valence-corrected chi connectivity index (χ3v) is 3.54. The summed E-state index contributed by atoms with van der Waals surface area (Å²) in [5, 5.41) is 3.16. The van der Waals surface area contributed by atoms with Crippen molar-refractivity contribution in [2.75, 3.05) is 11.9 Å². The van der Waals surface area contributed by atoms with Crippen molar-refractivity contribution in [2.24, 2.45) is 0 Å². The van der Waals surface area contributed by atoms with Gasteiger partial charge in [0.05, 0.1) is 5.69 Å². The van der Waals surface area contributed by atoms with Crippen LogP contribution in [0.15, 0.2) is 12.5 Å². The quantitative estimate of drug-likeness (QED) is 0.916. The standard InChI is InChI=1S/C14H19N5/c1-3-15-14-16-8-10(2)13(18-14)19-9-17-11-6-4-5-7-12(11)19/h8-9H,3-7H2,1-2H3,(H,15,16,18). The van der Waals surface area contributed by atoms with Crippen LogP contribution in [0.4, 0.5) is 5.95 Å². The van der Waals surface area contributed by atoms with Gasteiger partial charge in [-0.2, -0.15) is 4.98 Å². The van der Waals surface area contributed by atoms with Gasteiger partial charge in [0.2, 0.25) is 5.95 Å². The van der Waals surface area contributed by atoms with Crippen LogP contribution in [0.3, 0.4) is 0 Å². The summed E-state index contributed by atoms with van der Waals surface area (Å²) < 4.78 is 2.13. The fourth-order valence-electron chi connectivity index (χ4n) is 2.57. The molecule has 0 amide bonds. The lowest BCUT2D eigenvalue weighted by Gasteiger charge is -2.15. The van der Waals surface area contributed by atoms with Crippen LogP contribution in [0.2, 0.25) is 0 Å². The number of imidazole rings is 1. The highest BCUT2D eigenvalue weighted by molar-refractivity contribution is 5.40. The van der Waals surface area contributed by atoms with Gasteiger partial charge in [-0.3, -0.25) is 4.57 Å². The summed E-state index contributed by atoms with van der Waals surface area (Å²) >= 11 is 0. The monoisotopic (exact) mass is 257 g/mol. The zero-order valence-corrected chi connectivity index (χ0v) is 11.5. The number of hydrogen-bond acceptors (Lipinski definition) is 4. The number of hydrogen-bond donors (Lipinski definition) is 1. The first-order chi connectivity index (χ1) is 9.29. The van der Waals surface area contributed by atoms with Crippen LogP contribution >= 0.6 is 0 Å². The van der Waals surface area contributed by atoms with Crippen molar-refractivity contribution in [2.45, 2.75) is 39.5 Å². The van der Waals surface area contributed by atoms with E-state index in [4.69, 9.17) is 0 Å². The second-order valence-corrected chi connectivity index (χ2v) is 4.95. The molecule has 5 heteroatoms. The topological polar surface area (TPSA) is 55.6 Å². The van der Waals surface area contributed by atoms with Gasteiger partial charge in [0.1, 0.15) is 12.1 Å². The molecule has 1 N–H and O–H groups in total. The maximum absolute atomic E-state index is 4.61. The first-order valence-electron chi connectivity index (χ1n) is 6.92. The average Bonchev–Trinajstić information content (AvgIpc) is 2.85. The SMILES string of the molecule is CCNc1ncc(C)c(-n2cnc3c2CCCC3)n1. The largest absolute Gasteiger partial charge is 0.354 e. The van der Waals surface area contributed by atoms with E-state index in [-0.39, 0.29) is 0 Å². The molecule has 0 aliphatic heterocycles. The van der Waals surface area contributed by atoms with E-state index in [0.717, 1.165) is 30.8 Å². The average molecular weight is 257 g/mol. The Hall–Kier alpha value is -1.91. The lowest BCUT2D eigenvalue weighted by Crippen LogP contribution is -2.11. The van der Waals surface area contributed by atoms with Crippen molar-refractivity contribution < 1.29 is 0 Å². The minimum atomic E-state index is 0.682. The van der Waals surface area contributed by atoms with E-state index < -0.39 is 0 Å². The van der Waals surface area contributed by atoms with Crippen LogP contribution in [0.5, 0.6) is 0 Å². The predicted octanol–water partition coefficient (Wildman–Crippen LogP) is 2.28. The maximum Gasteiger partial charge on any atom is 0.224 e. The zero-order chi connectivity index (χ0) is 13.2. The van der Waals surface area contributed by atoms with Crippen LogP contribution in [0.25, 0.3) is 5.82 Å². The van der Waals surface area contributed by atoms with Crippen molar-refractivity contribution in [1.29, 1.82) is 0 Å². The maximum atomic E-state index is 4.61. The zero-order valence-electron chi connectivity index (χ0n) is 11.5. The Morgan fingerprint density at radius 2 is 2.11 bits per heavy atom. The molecule has 0 unspecified atom stereocenters. The number of nitrogens with zero attached hydrogens (tertiary/aromatic N) is 4. The Labute approximate surface area is 113 Å². The van der Waals surface area contributed by atoms with E-state index in [1.54, 1.807) is 0 Å². The third kappa shape index (κ3) is 2.20. The minimum Gasteiger partial charge on any atom is -0.354 e. The summed E-state index contributed by atoms with van der Waals surface area (Å²) in [6, 6.07) is 0. The van der Waals surface area contributed by atoms with E-state index in [0.29, 0.717) is 5.95 Å². The number of anilines is 1. The Balaban J connectivity index is 2.06. The van der Waals surface area contributed by atoms with Crippen LogP contribution in [0, 0.1) is 6.92 Å². The number of fused-ring (bicyclic) bond motifs is 1. The highest BCUT2D eigenvalue weighted by Gasteiger charge is 2.18. The van der Waals surface area contributed by atoms with E-state index in [1.165, 1.54) is 24.2 Å². The summed E-state index contributed by atoms with van der Waals surface area (Å²) in [4.78, 5) is 13.4. The Morgan fingerprint density at radius 3 is 2.95 bits per heavy atom. The van der Waals surface area contributed by atoms with E-state index in [1.807, 2.05) is 26.4 Å². The normalized spacial score (nSPS) is 14.2. The van der Waals surface area contributed by atoms with Gasteiger partial charge in [0, 0.05) is 24.0 Å². The lowest BCUT2D eigenvalue weighted by atomic mass is 10.0. The molecule has 1 aliphatic rings. The molecule has 100 valence electrons. The summed E-state index contributed by atoms with van der Waals surface area (Å²) in [6.07, 6.45) is 8.44. The van der Waals surface area contributed by atoms with E-state index >= 15 is 0 Å². The molecule has 19 heavy (non-hydrogen) atoms. The summed E-state index contributed by atoms with van der Waals surface area (Å²) in [5.74, 6) is 1.63. The molecule has 0 radical (unpaired) electrons. The first kappa shape index (κ1) is 12.1. The number of aryl methyl sites for hydroxylation is 2. The highest BCUT2D eigenvalue weighted by atomic mass is 15.2. The van der Waals surface area contributed by atoms with Crippen molar-refractivity contribution in [1.82, 2.24) is 19.5 Å². The summed E-state index contributed by atoms with van der Waals surface area (Å²) in [7, 11) is 0. The fraction of sp³-hybridized carbons (Fsp3) is 0.500. The molecule has 2 aromatic heterocycles. The third-order valence-electron chi connectivity index (χ3n) is 3.54. The van der Waals surface area contributed by atoms with Crippen molar-refractivity contribution in [3.05, 3.63) is 29.5 Å². The van der Waals surface area contributed by atoms with E-state index in [9.17, 15) is 0 Å². The molecule has 3 rings (SSSR count). The van der Waals surface area contributed by atoms with Crippen LogP contribution < -0.4 is 5.32 Å². The van der Waals surface area contributed by atoms with E-state index in [2.05, 4.69) is 24.8 Å². The number of nitrogens with one attached hydrogen (secondary N) is 1. The predicted molar refractivity (Wildman–Crippen MR) is 74.7 cm³/mol. The first-order valence-corrected chi connectivity index (χ1v) is 6.92. The van der Waals surface area contributed by atoms with Crippen LogP contribution in [-0.2, 0) is 12.8 Å². The second-order valence-electron chi connectivity index (χ2n) is 4.95. The Bertz CT molecular complexity index is 588. The van der Waals surface area contributed by atoms with Crippen molar-refractivity contribution in [3.8, 4) is 5.82 Å². The summed E-state index contributed by atoms with van der Waals surface area (Å²) in [6.45, 7) is 4.91. The van der Waals surface area contributed by atoms with Crippen LogP contribution in [0.1, 0.15) is 36.7 Å². The van der Waals surface area contributed by atoms with Gasteiger partial charge in [-0.15, -0.1) is 0 Å². The van der Waals surface area contributed by atoms with Gasteiger partial charge < -0.3 is 5.32 Å². The molecule has 2 aromatic rings. The number of rotatable bonds is 3. The molecular weight excluding hydrogens is 238 g/mol. The van der Waals surface area contributed by atoms with Crippen LogP contribution in [-0.4, -0.2) is 26.1 Å². The molecule has 0 saturated carbocycles. The highest BCUT2D eigenvalue weighted by Crippen LogP contribution is 2.23. The molecule has 2 heterocycles. The smallest absolute Gasteiger partial charge is 0.224 e. The molecule has 0 bridgehead atoms. The van der Waals surface area contributed by atoms with Gasteiger partial charge in [-0.05, 0) is 39.5 Å². The van der Waals surface area contributed by atoms with Gasteiger partial charge in [0.15, 0.2) is 0 Å². The Morgan fingerprint density at radius 1 is 1.26 bits per heavy atom. The molecular formula is C14H19N5. The minimum absolute atomic E-state index is 0.682. The molecule has 0 fully saturated rings. The molecule has 0 spiro atoms. The molecule has 0 saturated heterocycles. The second kappa shape index (κ2) is 4.99.